The molecule has 106 valence electrons. The Hall–Kier alpha value is -1.49. The average Bonchev–Trinajstić information content (AvgIpc) is 2.88. The van der Waals surface area contributed by atoms with E-state index in [9.17, 15) is 4.79 Å². The topological polar surface area (TPSA) is 43.6 Å². The molecule has 0 spiro atoms. The predicted octanol–water partition coefficient (Wildman–Crippen LogP) is 2.81. The van der Waals surface area contributed by atoms with Gasteiger partial charge < -0.3 is 9.14 Å². The van der Waals surface area contributed by atoms with Crippen LogP contribution >= 0.6 is 11.8 Å². The maximum absolute atomic E-state index is 11.5. The minimum absolute atomic E-state index is 0.319. The van der Waals surface area contributed by atoms with Crippen LogP contribution in [-0.2, 0) is 11.2 Å². The van der Waals surface area contributed by atoms with Crippen LogP contribution in [0.1, 0.15) is 28.9 Å². The lowest BCUT2D eigenvalue weighted by atomic mass is 10.00. The van der Waals surface area contributed by atoms with Gasteiger partial charge in [0.25, 0.3) is 0 Å². The number of thioether (sulfide) groups is 1. The summed E-state index contributed by atoms with van der Waals surface area (Å²) in [6, 6.07) is 3.55. The summed E-state index contributed by atoms with van der Waals surface area (Å²) in [5.74, 6) is 2.95. The molecule has 0 N–H and O–H groups in total. The third-order valence-corrected chi connectivity index (χ3v) is 4.97. The van der Waals surface area contributed by atoms with Crippen LogP contribution in [0.15, 0.2) is 24.5 Å². The van der Waals surface area contributed by atoms with Gasteiger partial charge in [0.1, 0.15) is 5.65 Å². The Bertz CT molecular complexity index is 617. The molecule has 1 atom stereocenters. The maximum Gasteiger partial charge on any atom is 0.338 e. The first-order chi connectivity index (χ1) is 9.76. The summed E-state index contributed by atoms with van der Waals surface area (Å²) in [6.45, 7) is 0. The molecule has 1 fully saturated rings. The number of methoxy groups -OCH3 is 1. The van der Waals surface area contributed by atoms with Crippen molar-refractivity contribution in [2.45, 2.75) is 19.3 Å². The number of aromatic nitrogens is 2. The molecule has 3 rings (SSSR count). The molecule has 0 aromatic carbocycles. The first-order valence-corrected chi connectivity index (χ1v) is 8.05. The monoisotopic (exact) mass is 290 g/mol. The maximum atomic E-state index is 11.5. The number of esters is 1. The fourth-order valence-electron chi connectivity index (χ4n) is 2.64. The van der Waals surface area contributed by atoms with Crippen LogP contribution < -0.4 is 0 Å². The Kier molecular flexibility index (Phi) is 3.96. The first kappa shape index (κ1) is 13.5. The van der Waals surface area contributed by atoms with Gasteiger partial charge in [-0.3, -0.25) is 0 Å². The molecule has 2 aromatic rings. The van der Waals surface area contributed by atoms with Crippen LogP contribution in [0.2, 0.25) is 0 Å². The van der Waals surface area contributed by atoms with E-state index in [4.69, 9.17) is 4.74 Å². The molecule has 1 aliphatic heterocycles. The number of imidazole rings is 1. The largest absolute Gasteiger partial charge is 0.465 e. The number of carbonyl (C=O) groups is 1. The Morgan fingerprint density at radius 3 is 3.25 bits per heavy atom. The molecule has 20 heavy (non-hydrogen) atoms. The number of fused-ring (bicyclic) bond motifs is 1. The van der Waals surface area contributed by atoms with E-state index in [0.29, 0.717) is 5.56 Å². The summed E-state index contributed by atoms with van der Waals surface area (Å²) >= 11 is 2.04. The van der Waals surface area contributed by atoms with Gasteiger partial charge in [-0.2, -0.15) is 11.8 Å². The molecular formula is C15H18N2O2S. The van der Waals surface area contributed by atoms with E-state index >= 15 is 0 Å². The van der Waals surface area contributed by atoms with Crippen molar-refractivity contribution in [1.82, 2.24) is 9.38 Å². The van der Waals surface area contributed by atoms with Crippen molar-refractivity contribution < 1.29 is 9.53 Å². The van der Waals surface area contributed by atoms with Crippen molar-refractivity contribution in [3.8, 4) is 0 Å². The Morgan fingerprint density at radius 1 is 1.60 bits per heavy atom. The number of hydrogen-bond acceptors (Lipinski definition) is 4. The van der Waals surface area contributed by atoms with Crippen molar-refractivity contribution >= 4 is 23.4 Å². The smallest absolute Gasteiger partial charge is 0.338 e. The molecule has 4 nitrogen and oxygen atoms in total. The SMILES string of the molecule is COC(=O)c1ccn2cc(CC3CCCSC3)nc2c1. The molecular weight excluding hydrogens is 272 g/mol. The molecule has 1 unspecified atom stereocenters. The fraction of sp³-hybridized carbons (Fsp3) is 0.467. The van der Waals surface area contributed by atoms with E-state index in [1.807, 2.05) is 22.4 Å². The van der Waals surface area contributed by atoms with Gasteiger partial charge in [-0.25, -0.2) is 9.78 Å². The Morgan fingerprint density at radius 2 is 2.50 bits per heavy atom. The normalized spacial score (nSPS) is 19.1. The lowest BCUT2D eigenvalue weighted by molar-refractivity contribution is 0.0600. The van der Waals surface area contributed by atoms with Crippen LogP contribution in [-0.4, -0.2) is 34.0 Å². The lowest BCUT2D eigenvalue weighted by Crippen LogP contribution is -2.13. The Labute approximate surface area is 122 Å². The third kappa shape index (κ3) is 2.82. The minimum Gasteiger partial charge on any atom is -0.465 e. The van der Waals surface area contributed by atoms with Gasteiger partial charge in [0.15, 0.2) is 0 Å². The van der Waals surface area contributed by atoms with Gasteiger partial charge in [-0.15, -0.1) is 0 Å². The number of hydrogen-bond donors (Lipinski definition) is 0. The van der Waals surface area contributed by atoms with Gasteiger partial charge in [0.05, 0.1) is 18.4 Å². The number of ether oxygens (including phenoxy) is 1. The van der Waals surface area contributed by atoms with Gasteiger partial charge in [-0.05, 0) is 48.8 Å². The number of pyridine rings is 1. The van der Waals surface area contributed by atoms with Crippen LogP contribution in [0, 0.1) is 5.92 Å². The second-order valence-electron chi connectivity index (χ2n) is 5.19. The second kappa shape index (κ2) is 5.87. The first-order valence-electron chi connectivity index (χ1n) is 6.90. The zero-order valence-electron chi connectivity index (χ0n) is 11.5. The quantitative estimate of drug-likeness (QED) is 0.815. The van der Waals surface area contributed by atoms with Gasteiger partial charge in [0.2, 0.25) is 0 Å². The summed E-state index contributed by atoms with van der Waals surface area (Å²) in [6.07, 6.45) is 7.58. The highest BCUT2D eigenvalue weighted by Crippen LogP contribution is 2.25. The van der Waals surface area contributed by atoms with Crippen LogP contribution in [0.5, 0.6) is 0 Å². The van der Waals surface area contributed by atoms with Crippen LogP contribution in [0.4, 0.5) is 0 Å². The second-order valence-corrected chi connectivity index (χ2v) is 6.34. The van der Waals surface area contributed by atoms with Crippen molar-refractivity contribution in [2.75, 3.05) is 18.6 Å². The number of nitrogens with zero attached hydrogens (tertiary/aromatic N) is 2. The summed E-state index contributed by atoms with van der Waals surface area (Å²) in [4.78, 5) is 16.1. The molecule has 1 saturated heterocycles. The third-order valence-electron chi connectivity index (χ3n) is 3.68. The molecule has 3 heterocycles. The number of rotatable bonds is 3. The molecule has 5 heteroatoms. The van der Waals surface area contributed by atoms with Gasteiger partial charge in [0, 0.05) is 12.4 Å². The zero-order valence-corrected chi connectivity index (χ0v) is 12.4. The van der Waals surface area contributed by atoms with E-state index in [1.165, 1.54) is 31.5 Å². The fourth-order valence-corrected chi connectivity index (χ4v) is 3.80. The van der Waals surface area contributed by atoms with E-state index in [-0.39, 0.29) is 5.97 Å². The van der Waals surface area contributed by atoms with Crippen molar-refractivity contribution in [3.05, 3.63) is 35.8 Å². The molecule has 0 bridgehead atoms. The van der Waals surface area contributed by atoms with Gasteiger partial charge >= 0.3 is 5.97 Å². The minimum atomic E-state index is -0.319. The van der Waals surface area contributed by atoms with Crippen molar-refractivity contribution in [2.24, 2.45) is 5.92 Å². The van der Waals surface area contributed by atoms with E-state index < -0.39 is 0 Å². The number of carbonyl (C=O) groups excluding carboxylic acids is 1. The van der Waals surface area contributed by atoms with E-state index in [2.05, 4.69) is 11.2 Å². The van der Waals surface area contributed by atoms with E-state index in [1.54, 1.807) is 12.1 Å². The van der Waals surface area contributed by atoms with Crippen molar-refractivity contribution in [1.29, 1.82) is 0 Å². The highest BCUT2D eigenvalue weighted by molar-refractivity contribution is 7.99. The highest BCUT2D eigenvalue weighted by atomic mass is 32.2. The zero-order chi connectivity index (χ0) is 13.9. The van der Waals surface area contributed by atoms with E-state index in [0.717, 1.165) is 23.7 Å². The molecule has 0 aliphatic carbocycles. The van der Waals surface area contributed by atoms with Crippen LogP contribution in [0.3, 0.4) is 0 Å². The Balaban J connectivity index is 1.81. The predicted molar refractivity (Wildman–Crippen MR) is 80.3 cm³/mol. The molecule has 1 aliphatic rings. The van der Waals surface area contributed by atoms with Crippen LogP contribution in [0.25, 0.3) is 5.65 Å². The lowest BCUT2D eigenvalue weighted by Gasteiger charge is -2.19. The summed E-state index contributed by atoms with van der Waals surface area (Å²) < 4.78 is 6.70. The standard InChI is InChI=1S/C15H18N2O2S/c1-19-15(18)12-4-5-17-9-13(16-14(17)8-12)7-11-3-2-6-20-10-11/h4-5,8-9,11H,2-3,6-7,10H2,1H3. The summed E-state index contributed by atoms with van der Waals surface area (Å²) in [5.41, 5.74) is 2.47. The van der Waals surface area contributed by atoms with Crippen molar-refractivity contribution in [3.63, 3.8) is 0 Å². The molecule has 0 amide bonds. The van der Waals surface area contributed by atoms with Gasteiger partial charge in [-0.1, -0.05) is 0 Å². The highest BCUT2D eigenvalue weighted by Gasteiger charge is 2.16. The molecule has 0 radical (unpaired) electrons. The summed E-state index contributed by atoms with van der Waals surface area (Å²) in [5, 5.41) is 0. The molecule has 0 saturated carbocycles. The summed E-state index contributed by atoms with van der Waals surface area (Å²) in [7, 11) is 1.39. The average molecular weight is 290 g/mol. The molecule has 2 aromatic heterocycles.